The zero-order valence-electron chi connectivity index (χ0n) is 10.5. The van der Waals surface area contributed by atoms with Gasteiger partial charge in [-0.2, -0.15) is 0 Å². The van der Waals surface area contributed by atoms with Crippen molar-refractivity contribution in [2.24, 2.45) is 5.41 Å². The van der Waals surface area contributed by atoms with Crippen LogP contribution in [0.15, 0.2) is 0 Å². The van der Waals surface area contributed by atoms with E-state index in [4.69, 9.17) is 9.47 Å². The van der Waals surface area contributed by atoms with Crippen LogP contribution in [0.1, 0.15) is 19.8 Å². The molecule has 5 nitrogen and oxygen atoms in total. The number of carbonyl (C=O) groups excluding carboxylic acids is 1. The molecular weight excluding hydrogens is 220 g/mol. The number of rotatable bonds is 5. The Morgan fingerprint density at radius 3 is 2.76 bits per heavy atom. The molecular formula is C12H22N2O3. The van der Waals surface area contributed by atoms with Gasteiger partial charge in [0.2, 0.25) is 5.91 Å². The third-order valence-electron chi connectivity index (χ3n) is 3.35. The van der Waals surface area contributed by atoms with Crippen LogP contribution in [0.25, 0.3) is 0 Å². The molecule has 0 aromatic carbocycles. The first kappa shape index (κ1) is 12.8. The van der Waals surface area contributed by atoms with E-state index in [0.717, 1.165) is 39.1 Å². The fourth-order valence-corrected chi connectivity index (χ4v) is 2.07. The second-order valence-corrected chi connectivity index (χ2v) is 5.34. The van der Waals surface area contributed by atoms with Crippen molar-refractivity contribution < 1.29 is 14.3 Å². The Morgan fingerprint density at radius 2 is 2.18 bits per heavy atom. The van der Waals surface area contributed by atoms with Gasteiger partial charge in [-0.15, -0.1) is 0 Å². The Balaban J connectivity index is 1.57. The van der Waals surface area contributed by atoms with Crippen molar-refractivity contribution in [1.29, 1.82) is 0 Å². The summed E-state index contributed by atoms with van der Waals surface area (Å²) in [5, 5.41) is 6.17. The molecule has 0 aromatic rings. The number of carbonyl (C=O) groups is 1. The number of nitrogens with one attached hydrogen (secondary N) is 2. The molecule has 1 amide bonds. The largest absolute Gasteiger partial charge is 0.380 e. The number of amides is 1. The predicted molar refractivity (Wildman–Crippen MR) is 63.8 cm³/mol. The van der Waals surface area contributed by atoms with E-state index in [9.17, 15) is 4.79 Å². The maximum absolute atomic E-state index is 11.6. The molecule has 2 fully saturated rings. The van der Waals surface area contributed by atoms with Gasteiger partial charge in [0.1, 0.15) is 6.61 Å². The van der Waals surface area contributed by atoms with Gasteiger partial charge in [0.05, 0.1) is 19.3 Å². The van der Waals surface area contributed by atoms with Crippen LogP contribution in [0.5, 0.6) is 0 Å². The lowest BCUT2D eigenvalue weighted by Gasteiger charge is -2.38. The molecule has 0 radical (unpaired) electrons. The highest BCUT2D eigenvalue weighted by Crippen LogP contribution is 2.24. The molecule has 17 heavy (non-hydrogen) atoms. The Bertz CT molecular complexity index is 260. The second-order valence-electron chi connectivity index (χ2n) is 5.34. The highest BCUT2D eigenvalue weighted by atomic mass is 16.5. The Labute approximate surface area is 102 Å². The van der Waals surface area contributed by atoms with Crippen LogP contribution in [-0.4, -0.2) is 51.5 Å². The Hall–Kier alpha value is -0.650. The summed E-state index contributed by atoms with van der Waals surface area (Å²) in [5.74, 6) is -0.0170. The zero-order valence-corrected chi connectivity index (χ0v) is 10.5. The zero-order chi connectivity index (χ0) is 12.1. The Kier molecular flexibility index (Phi) is 4.36. The van der Waals surface area contributed by atoms with Gasteiger partial charge in [0, 0.05) is 12.0 Å². The summed E-state index contributed by atoms with van der Waals surface area (Å²) in [4.78, 5) is 11.6. The van der Waals surface area contributed by atoms with Crippen LogP contribution in [-0.2, 0) is 14.3 Å². The topological polar surface area (TPSA) is 59.6 Å². The number of ether oxygens (including phenoxy) is 2. The average Bonchev–Trinajstić information content (AvgIpc) is 2.33. The van der Waals surface area contributed by atoms with Gasteiger partial charge in [-0.1, -0.05) is 6.92 Å². The van der Waals surface area contributed by atoms with Gasteiger partial charge >= 0.3 is 0 Å². The van der Waals surface area contributed by atoms with Crippen LogP contribution in [0, 0.1) is 5.41 Å². The molecule has 0 aliphatic carbocycles. The van der Waals surface area contributed by atoms with Crippen LogP contribution in [0.4, 0.5) is 0 Å². The summed E-state index contributed by atoms with van der Waals surface area (Å²) in [7, 11) is 0. The lowest BCUT2D eigenvalue weighted by atomic mass is 9.89. The normalized spacial score (nSPS) is 24.1. The van der Waals surface area contributed by atoms with E-state index in [1.165, 1.54) is 0 Å². The predicted octanol–water partition coefficient (Wildman–Crippen LogP) is -0.0923. The van der Waals surface area contributed by atoms with Crippen LogP contribution >= 0.6 is 0 Å². The number of hydrogen-bond acceptors (Lipinski definition) is 4. The highest BCUT2D eigenvalue weighted by molar-refractivity contribution is 5.77. The third-order valence-corrected chi connectivity index (χ3v) is 3.35. The fraction of sp³-hybridized carbons (Fsp3) is 0.917. The molecule has 2 rings (SSSR count). The molecule has 0 bridgehead atoms. The first-order valence-electron chi connectivity index (χ1n) is 6.35. The van der Waals surface area contributed by atoms with Crippen LogP contribution < -0.4 is 10.6 Å². The smallest absolute Gasteiger partial charge is 0.246 e. The fourth-order valence-electron chi connectivity index (χ4n) is 2.07. The van der Waals surface area contributed by atoms with E-state index < -0.39 is 0 Å². The van der Waals surface area contributed by atoms with Crippen molar-refractivity contribution in [2.75, 3.05) is 39.5 Å². The third kappa shape index (κ3) is 3.94. The molecule has 0 aromatic heterocycles. The van der Waals surface area contributed by atoms with E-state index in [2.05, 4.69) is 17.6 Å². The lowest BCUT2D eigenvalue weighted by molar-refractivity contribution is -0.133. The Morgan fingerprint density at radius 1 is 1.47 bits per heavy atom. The monoisotopic (exact) mass is 242 g/mol. The molecule has 2 aliphatic rings. The minimum atomic E-state index is -0.0170. The molecule has 2 aliphatic heterocycles. The number of hydrogen-bond donors (Lipinski definition) is 2. The van der Waals surface area contributed by atoms with Crippen molar-refractivity contribution in [2.45, 2.75) is 25.9 Å². The van der Waals surface area contributed by atoms with E-state index >= 15 is 0 Å². The van der Waals surface area contributed by atoms with Crippen molar-refractivity contribution in [3.63, 3.8) is 0 Å². The van der Waals surface area contributed by atoms with Crippen LogP contribution in [0.3, 0.4) is 0 Å². The summed E-state index contributed by atoms with van der Waals surface area (Å²) in [6.07, 6.45) is 2.24. The maximum atomic E-state index is 11.6. The van der Waals surface area contributed by atoms with Gasteiger partial charge < -0.3 is 20.1 Å². The molecule has 2 N–H and O–H groups in total. The summed E-state index contributed by atoms with van der Waals surface area (Å²) in [6.45, 7) is 6.43. The van der Waals surface area contributed by atoms with Gasteiger partial charge in [0.25, 0.3) is 0 Å². The first-order chi connectivity index (χ1) is 8.18. The van der Waals surface area contributed by atoms with E-state index in [0.29, 0.717) is 6.54 Å². The van der Waals surface area contributed by atoms with Crippen LogP contribution in [0.2, 0.25) is 0 Å². The highest BCUT2D eigenvalue weighted by Gasteiger charge is 2.33. The first-order valence-corrected chi connectivity index (χ1v) is 6.35. The molecule has 0 saturated carbocycles. The van der Waals surface area contributed by atoms with Crippen molar-refractivity contribution >= 4 is 5.91 Å². The molecule has 2 saturated heterocycles. The van der Waals surface area contributed by atoms with Crippen molar-refractivity contribution in [3.05, 3.63) is 0 Å². The molecule has 0 unspecified atom stereocenters. The average molecular weight is 242 g/mol. The quantitative estimate of drug-likeness (QED) is 0.707. The lowest BCUT2D eigenvalue weighted by Crippen LogP contribution is -2.49. The van der Waals surface area contributed by atoms with E-state index in [1.807, 2.05) is 0 Å². The van der Waals surface area contributed by atoms with Gasteiger partial charge in [0.15, 0.2) is 0 Å². The molecule has 5 heteroatoms. The maximum Gasteiger partial charge on any atom is 0.246 e. The minimum Gasteiger partial charge on any atom is -0.380 e. The molecule has 2 heterocycles. The number of piperidine rings is 1. The molecule has 0 spiro atoms. The second kappa shape index (κ2) is 5.80. The van der Waals surface area contributed by atoms with Crippen molar-refractivity contribution in [1.82, 2.24) is 10.6 Å². The summed E-state index contributed by atoms with van der Waals surface area (Å²) < 4.78 is 10.7. The van der Waals surface area contributed by atoms with Gasteiger partial charge in [-0.3, -0.25) is 4.79 Å². The molecule has 98 valence electrons. The summed E-state index contributed by atoms with van der Waals surface area (Å²) in [6, 6.07) is 0. The summed E-state index contributed by atoms with van der Waals surface area (Å²) >= 11 is 0. The SMILES string of the molecule is CC1(CNC(=O)COC2CCNCC2)COC1. The standard InChI is InChI=1S/C12H22N2O3/c1-12(8-16-9-12)7-14-11(15)6-17-10-2-4-13-5-3-10/h10,13H,2-9H2,1H3,(H,14,15). The van der Waals surface area contributed by atoms with Gasteiger partial charge in [-0.25, -0.2) is 0 Å². The summed E-state index contributed by atoms with van der Waals surface area (Å²) in [5.41, 5.74) is 0.129. The van der Waals surface area contributed by atoms with Gasteiger partial charge in [-0.05, 0) is 25.9 Å². The minimum absolute atomic E-state index is 0.0170. The molecule has 0 atom stereocenters. The van der Waals surface area contributed by atoms with E-state index in [-0.39, 0.29) is 24.0 Å². The van der Waals surface area contributed by atoms with E-state index in [1.54, 1.807) is 0 Å². The van der Waals surface area contributed by atoms with Crippen molar-refractivity contribution in [3.8, 4) is 0 Å².